The van der Waals surface area contributed by atoms with Crippen molar-refractivity contribution in [1.82, 2.24) is 10.2 Å². The fourth-order valence-corrected chi connectivity index (χ4v) is 4.42. The Morgan fingerprint density at radius 3 is 2.76 bits per heavy atom. The van der Waals surface area contributed by atoms with E-state index in [1.807, 2.05) is 0 Å². The molecule has 0 aromatic heterocycles. The van der Waals surface area contributed by atoms with E-state index in [1.165, 1.54) is 70.9 Å². The quantitative estimate of drug-likeness (QED) is 0.842. The van der Waals surface area contributed by atoms with E-state index in [0.717, 1.165) is 12.5 Å². The molecule has 2 aliphatic carbocycles. The maximum atomic E-state index is 9.77. The van der Waals surface area contributed by atoms with Crippen LogP contribution in [0.2, 0.25) is 0 Å². The zero-order valence-corrected chi connectivity index (χ0v) is 13.6. The van der Waals surface area contributed by atoms with Gasteiger partial charge in [0, 0.05) is 12.1 Å². The summed E-state index contributed by atoms with van der Waals surface area (Å²) in [4.78, 5) is 2.69. The van der Waals surface area contributed by atoms with E-state index in [1.54, 1.807) is 0 Å². The molecule has 3 fully saturated rings. The van der Waals surface area contributed by atoms with Gasteiger partial charge in [0.15, 0.2) is 0 Å². The zero-order valence-electron chi connectivity index (χ0n) is 13.6. The zero-order chi connectivity index (χ0) is 14.7. The number of nitrogens with one attached hydrogen (secondary N) is 1. The van der Waals surface area contributed by atoms with E-state index in [-0.39, 0.29) is 5.54 Å². The predicted octanol–water partition coefficient (Wildman–Crippen LogP) is 3.46. The van der Waals surface area contributed by atoms with E-state index < -0.39 is 0 Å². The van der Waals surface area contributed by atoms with Crippen LogP contribution in [0.4, 0.5) is 0 Å². The molecule has 0 amide bonds. The first-order valence-electron chi connectivity index (χ1n) is 9.16. The van der Waals surface area contributed by atoms with E-state index in [9.17, 15) is 5.26 Å². The van der Waals surface area contributed by atoms with Crippen LogP contribution in [0, 0.1) is 17.2 Å². The standard InChI is InChI=1S/C18H31N3/c1-15-6-3-2-4-12-21(15)13-10-16-7-5-11-18(16,14-19)20-17-8-9-17/h15-17,20H,2-13H2,1H3. The molecule has 3 heteroatoms. The Morgan fingerprint density at radius 2 is 2.00 bits per heavy atom. The molecule has 3 aliphatic rings. The first-order chi connectivity index (χ1) is 10.2. The summed E-state index contributed by atoms with van der Waals surface area (Å²) in [5.41, 5.74) is -0.198. The lowest BCUT2D eigenvalue weighted by atomic mass is 9.85. The molecule has 3 unspecified atom stereocenters. The van der Waals surface area contributed by atoms with Crippen LogP contribution in [0.25, 0.3) is 0 Å². The van der Waals surface area contributed by atoms with Crippen LogP contribution >= 0.6 is 0 Å². The largest absolute Gasteiger partial charge is 0.301 e. The Hall–Kier alpha value is -0.590. The van der Waals surface area contributed by atoms with Gasteiger partial charge in [-0.15, -0.1) is 0 Å². The van der Waals surface area contributed by atoms with Crippen molar-refractivity contribution >= 4 is 0 Å². The third-order valence-corrected chi connectivity index (χ3v) is 6.01. The van der Waals surface area contributed by atoms with Crippen LogP contribution in [0.15, 0.2) is 0 Å². The highest BCUT2D eigenvalue weighted by Gasteiger charge is 2.45. The first-order valence-corrected chi connectivity index (χ1v) is 9.16. The van der Waals surface area contributed by atoms with Gasteiger partial charge in [0.1, 0.15) is 5.54 Å². The van der Waals surface area contributed by atoms with Gasteiger partial charge in [0.2, 0.25) is 0 Å². The molecule has 1 aliphatic heterocycles. The molecule has 2 saturated carbocycles. The maximum Gasteiger partial charge on any atom is 0.109 e. The SMILES string of the molecule is CC1CCCCCN1CCC1CCCC1(C#N)NC1CC1. The lowest BCUT2D eigenvalue weighted by Crippen LogP contribution is -2.49. The number of likely N-dealkylation sites (tertiary alicyclic amines) is 1. The predicted molar refractivity (Wildman–Crippen MR) is 86.0 cm³/mol. The molecule has 0 aromatic carbocycles. The van der Waals surface area contributed by atoms with Gasteiger partial charge >= 0.3 is 0 Å². The first kappa shape index (κ1) is 15.3. The molecule has 3 atom stereocenters. The van der Waals surface area contributed by atoms with E-state index in [4.69, 9.17) is 0 Å². The van der Waals surface area contributed by atoms with E-state index in [2.05, 4.69) is 23.2 Å². The van der Waals surface area contributed by atoms with Crippen molar-refractivity contribution in [1.29, 1.82) is 5.26 Å². The molecule has 0 radical (unpaired) electrons. The number of hydrogen-bond acceptors (Lipinski definition) is 3. The van der Waals surface area contributed by atoms with E-state index >= 15 is 0 Å². The van der Waals surface area contributed by atoms with Crippen LogP contribution in [0.5, 0.6) is 0 Å². The summed E-state index contributed by atoms with van der Waals surface area (Å²) in [5, 5.41) is 13.5. The summed E-state index contributed by atoms with van der Waals surface area (Å²) >= 11 is 0. The Balaban J connectivity index is 1.56. The maximum absolute atomic E-state index is 9.77. The number of nitriles is 1. The molecule has 0 bridgehead atoms. The van der Waals surface area contributed by atoms with Gasteiger partial charge in [-0.05, 0) is 70.9 Å². The summed E-state index contributed by atoms with van der Waals surface area (Å²) in [7, 11) is 0. The topological polar surface area (TPSA) is 39.1 Å². The van der Waals surface area contributed by atoms with Crippen molar-refractivity contribution < 1.29 is 0 Å². The number of rotatable bonds is 5. The third-order valence-electron chi connectivity index (χ3n) is 6.01. The molecule has 1 saturated heterocycles. The van der Waals surface area contributed by atoms with Gasteiger partial charge < -0.3 is 4.90 Å². The second-order valence-electron chi connectivity index (χ2n) is 7.61. The highest BCUT2D eigenvalue weighted by Crippen LogP contribution is 2.40. The van der Waals surface area contributed by atoms with Gasteiger partial charge in [0.05, 0.1) is 6.07 Å². The lowest BCUT2D eigenvalue weighted by molar-refractivity contribution is 0.182. The Labute approximate surface area is 130 Å². The summed E-state index contributed by atoms with van der Waals surface area (Å²) < 4.78 is 0. The van der Waals surface area contributed by atoms with Crippen LogP contribution in [-0.2, 0) is 0 Å². The van der Waals surface area contributed by atoms with Crippen LogP contribution < -0.4 is 5.32 Å². The highest BCUT2D eigenvalue weighted by atomic mass is 15.1. The minimum absolute atomic E-state index is 0.198. The third kappa shape index (κ3) is 3.60. The Morgan fingerprint density at radius 1 is 1.14 bits per heavy atom. The van der Waals surface area contributed by atoms with E-state index in [0.29, 0.717) is 12.0 Å². The summed E-state index contributed by atoms with van der Waals surface area (Å²) in [6, 6.07) is 4.06. The second-order valence-corrected chi connectivity index (χ2v) is 7.61. The second kappa shape index (κ2) is 6.67. The van der Waals surface area contributed by atoms with Crippen LogP contribution in [-0.4, -0.2) is 35.6 Å². The van der Waals surface area contributed by atoms with Crippen molar-refractivity contribution in [3.8, 4) is 6.07 Å². The molecule has 0 spiro atoms. The lowest BCUT2D eigenvalue weighted by Gasteiger charge is -2.33. The Bertz CT molecular complexity index is 384. The molecule has 1 N–H and O–H groups in total. The van der Waals surface area contributed by atoms with Gasteiger partial charge in [-0.25, -0.2) is 0 Å². The number of hydrogen-bond donors (Lipinski definition) is 1. The van der Waals surface area contributed by atoms with Crippen molar-refractivity contribution in [2.45, 2.75) is 88.8 Å². The highest BCUT2D eigenvalue weighted by molar-refractivity contribution is 5.16. The molecule has 3 rings (SSSR count). The summed E-state index contributed by atoms with van der Waals surface area (Å²) in [6.07, 6.45) is 12.8. The van der Waals surface area contributed by atoms with Crippen molar-refractivity contribution in [2.24, 2.45) is 5.92 Å². The summed E-state index contributed by atoms with van der Waals surface area (Å²) in [6.45, 7) is 4.85. The summed E-state index contributed by atoms with van der Waals surface area (Å²) in [5.74, 6) is 0.568. The average Bonchev–Trinajstić information content (AvgIpc) is 3.24. The Kier molecular flexibility index (Phi) is 4.86. The van der Waals surface area contributed by atoms with Crippen molar-refractivity contribution in [3.05, 3.63) is 0 Å². The monoisotopic (exact) mass is 289 g/mol. The van der Waals surface area contributed by atoms with Gasteiger partial charge in [-0.1, -0.05) is 19.3 Å². The molecular formula is C18H31N3. The van der Waals surface area contributed by atoms with Crippen molar-refractivity contribution in [3.63, 3.8) is 0 Å². The molecule has 118 valence electrons. The fourth-order valence-electron chi connectivity index (χ4n) is 4.42. The van der Waals surface area contributed by atoms with Crippen LogP contribution in [0.1, 0.15) is 71.1 Å². The molecule has 0 aromatic rings. The van der Waals surface area contributed by atoms with Gasteiger partial charge in [-0.3, -0.25) is 5.32 Å². The average molecular weight is 289 g/mol. The van der Waals surface area contributed by atoms with Gasteiger partial charge in [0.25, 0.3) is 0 Å². The normalized spacial score (nSPS) is 38.1. The number of nitrogens with zero attached hydrogens (tertiary/aromatic N) is 2. The van der Waals surface area contributed by atoms with Crippen molar-refractivity contribution in [2.75, 3.05) is 13.1 Å². The molecule has 1 heterocycles. The fraction of sp³-hybridized carbons (Fsp3) is 0.944. The minimum Gasteiger partial charge on any atom is -0.301 e. The molecule has 21 heavy (non-hydrogen) atoms. The molecule has 3 nitrogen and oxygen atoms in total. The smallest absolute Gasteiger partial charge is 0.109 e. The minimum atomic E-state index is -0.198. The van der Waals surface area contributed by atoms with Crippen LogP contribution in [0.3, 0.4) is 0 Å². The van der Waals surface area contributed by atoms with Gasteiger partial charge in [-0.2, -0.15) is 5.26 Å². The molecular weight excluding hydrogens is 258 g/mol.